The molecule has 0 bridgehead atoms. The first-order chi connectivity index (χ1) is 20.1. The topological polar surface area (TPSA) is 74.8 Å². The highest BCUT2D eigenvalue weighted by Gasteiger charge is 2.45. The summed E-state index contributed by atoms with van der Waals surface area (Å²) >= 11 is 6.18. The smallest absolute Gasteiger partial charge is 0.417 e. The molecule has 3 aromatic rings. The van der Waals surface area contributed by atoms with Crippen molar-refractivity contribution >= 4 is 29.1 Å². The number of pyridine rings is 1. The standard InChI is InChI=1S/C31H30ClF3N4O3/c32-25-4-2-1-3-21(25)28(40)37-26-7-16-42-27-18-24(31(33,34)35)22(17-23(26)27)29(41)39-15-10-30(19-39)8-13-38(14-9-30)20-5-11-36-12-6-20/h1-6,11-12,17-18,26H,7-10,13-16,19H2,(H,37,40)/t26-/m1/s1. The van der Waals surface area contributed by atoms with E-state index in [1.807, 2.05) is 12.1 Å². The number of carbonyl (C=O) groups is 2. The van der Waals surface area contributed by atoms with Gasteiger partial charge in [0.25, 0.3) is 11.8 Å². The molecular weight excluding hydrogens is 569 g/mol. The summed E-state index contributed by atoms with van der Waals surface area (Å²) in [6.07, 6.45) is 1.52. The molecule has 0 aliphatic carbocycles. The van der Waals surface area contributed by atoms with E-state index in [1.165, 1.54) is 6.07 Å². The Morgan fingerprint density at radius 2 is 1.71 bits per heavy atom. The van der Waals surface area contributed by atoms with E-state index >= 15 is 0 Å². The van der Waals surface area contributed by atoms with Crippen LogP contribution < -0.4 is 15.0 Å². The summed E-state index contributed by atoms with van der Waals surface area (Å²) in [7, 11) is 0. The first-order valence-corrected chi connectivity index (χ1v) is 14.4. The molecular formula is C31H30ClF3N4O3. The number of piperidine rings is 1. The van der Waals surface area contributed by atoms with Crippen molar-refractivity contribution in [2.75, 3.05) is 37.7 Å². The van der Waals surface area contributed by atoms with Gasteiger partial charge in [-0.2, -0.15) is 13.2 Å². The molecule has 4 heterocycles. The minimum atomic E-state index is -4.76. The Balaban J connectivity index is 1.24. The number of fused-ring (bicyclic) bond motifs is 1. The molecule has 0 saturated carbocycles. The number of benzene rings is 2. The number of carbonyl (C=O) groups excluding carboxylic acids is 2. The van der Waals surface area contributed by atoms with Gasteiger partial charge in [-0.05, 0) is 61.1 Å². The van der Waals surface area contributed by atoms with Crippen LogP contribution in [-0.2, 0) is 6.18 Å². The lowest BCUT2D eigenvalue weighted by molar-refractivity contribution is -0.138. The molecule has 0 radical (unpaired) electrons. The second-order valence-corrected chi connectivity index (χ2v) is 11.7. The zero-order valence-electron chi connectivity index (χ0n) is 22.8. The second-order valence-electron chi connectivity index (χ2n) is 11.2. The van der Waals surface area contributed by atoms with Crippen LogP contribution in [-0.4, -0.2) is 54.5 Å². The fourth-order valence-corrected chi connectivity index (χ4v) is 6.58. The lowest BCUT2D eigenvalue weighted by Crippen LogP contribution is -2.42. The van der Waals surface area contributed by atoms with Crippen molar-refractivity contribution < 1.29 is 27.5 Å². The number of likely N-dealkylation sites (tertiary alicyclic amines) is 1. The minimum Gasteiger partial charge on any atom is -0.493 e. The average molecular weight is 599 g/mol. The number of rotatable bonds is 4. The molecule has 2 amide bonds. The van der Waals surface area contributed by atoms with Gasteiger partial charge < -0.3 is 19.9 Å². The minimum absolute atomic E-state index is 0.0101. The zero-order chi connectivity index (χ0) is 29.5. The van der Waals surface area contributed by atoms with E-state index in [9.17, 15) is 22.8 Å². The molecule has 42 heavy (non-hydrogen) atoms. The lowest BCUT2D eigenvalue weighted by atomic mass is 9.77. The Hall–Kier alpha value is -3.79. The van der Waals surface area contributed by atoms with E-state index in [2.05, 4.69) is 15.2 Å². The normalized spacial score (nSPS) is 19.8. The van der Waals surface area contributed by atoms with Gasteiger partial charge in [0.2, 0.25) is 0 Å². The van der Waals surface area contributed by atoms with E-state index in [-0.39, 0.29) is 28.4 Å². The molecule has 1 aromatic heterocycles. The molecule has 0 unspecified atom stereocenters. The van der Waals surface area contributed by atoms with Gasteiger partial charge in [-0.1, -0.05) is 23.7 Å². The van der Waals surface area contributed by atoms with E-state index in [1.54, 1.807) is 41.6 Å². The van der Waals surface area contributed by atoms with Crippen molar-refractivity contribution in [3.8, 4) is 5.75 Å². The van der Waals surface area contributed by atoms with Crippen LogP contribution in [0.1, 0.15) is 63.6 Å². The van der Waals surface area contributed by atoms with Gasteiger partial charge in [0.05, 0.1) is 34.4 Å². The van der Waals surface area contributed by atoms with Crippen LogP contribution in [0.15, 0.2) is 60.9 Å². The summed E-state index contributed by atoms with van der Waals surface area (Å²) in [5.74, 6) is -1.10. The summed E-state index contributed by atoms with van der Waals surface area (Å²) in [6, 6.07) is 12.0. The van der Waals surface area contributed by atoms with Crippen LogP contribution in [0.25, 0.3) is 0 Å². The monoisotopic (exact) mass is 598 g/mol. The average Bonchev–Trinajstić information content (AvgIpc) is 3.40. The van der Waals surface area contributed by atoms with Gasteiger partial charge in [-0.15, -0.1) is 0 Å². The summed E-state index contributed by atoms with van der Waals surface area (Å²) in [5.41, 5.74) is 0.117. The summed E-state index contributed by atoms with van der Waals surface area (Å²) in [4.78, 5) is 34.7. The van der Waals surface area contributed by atoms with Gasteiger partial charge in [0.15, 0.2) is 0 Å². The molecule has 1 N–H and O–H groups in total. The maximum Gasteiger partial charge on any atom is 0.417 e. The number of aromatic nitrogens is 1. The van der Waals surface area contributed by atoms with Gasteiger partial charge in [-0.3, -0.25) is 14.6 Å². The molecule has 220 valence electrons. The number of amides is 2. The number of hydrogen-bond acceptors (Lipinski definition) is 5. The quantitative estimate of drug-likeness (QED) is 0.391. The number of nitrogens with one attached hydrogen (secondary N) is 1. The Morgan fingerprint density at radius 3 is 2.43 bits per heavy atom. The fraction of sp³-hybridized carbons (Fsp3) is 0.387. The molecule has 2 fully saturated rings. The summed E-state index contributed by atoms with van der Waals surface area (Å²) in [5, 5.41) is 3.14. The molecule has 1 atom stereocenters. The van der Waals surface area contributed by atoms with Crippen molar-refractivity contribution in [3.63, 3.8) is 0 Å². The molecule has 3 aliphatic heterocycles. The van der Waals surface area contributed by atoms with Gasteiger partial charge >= 0.3 is 6.18 Å². The number of ether oxygens (including phenoxy) is 1. The van der Waals surface area contributed by atoms with Crippen molar-refractivity contribution in [1.82, 2.24) is 15.2 Å². The highest BCUT2D eigenvalue weighted by molar-refractivity contribution is 6.33. The predicted molar refractivity (Wildman–Crippen MR) is 152 cm³/mol. The zero-order valence-corrected chi connectivity index (χ0v) is 23.5. The predicted octanol–water partition coefficient (Wildman–Crippen LogP) is 6.14. The molecule has 7 nitrogen and oxygen atoms in total. The summed E-state index contributed by atoms with van der Waals surface area (Å²) < 4.78 is 48.4. The van der Waals surface area contributed by atoms with Crippen LogP contribution in [0.5, 0.6) is 5.75 Å². The number of nitrogens with zero attached hydrogens (tertiary/aromatic N) is 3. The van der Waals surface area contributed by atoms with Gasteiger partial charge in [-0.25, -0.2) is 0 Å². The first kappa shape index (κ1) is 28.3. The lowest BCUT2D eigenvalue weighted by Gasteiger charge is -2.40. The van der Waals surface area contributed by atoms with Crippen LogP contribution in [0, 0.1) is 5.41 Å². The number of anilines is 1. The van der Waals surface area contributed by atoms with Crippen molar-refractivity contribution in [1.29, 1.82) is 0 Å². The van der Waals surface area contributed by atoms with Crippen molar-refractivity contribution in [3.05, 3.63) is 88.2 Å². The highest BCUT2D eigenvalue weighted by atomic mass is 35.5. The third-order valence-electron chi connectivity index (χ3n) is 8.73. The molecule has 2 aromatic carbocycles. The van der Waals surface area contributed by atoms with Crippen LogP contribution in [0.2, 0.25) is 5.02 Å². The first-order valence-electron chi connectivity index (χ1n) is 14.0. The summed E-state index contributed by atoms with van der Waals surface area (Å²) in [6.45, 7) is 2.54. The maximum absolute atomic E-state index is 14.3. The second kappa shape index (κ2) is 11.1. The molecule has 6 rings (SSSR count). The molecule has 11 heteroatoms. The Bertz CT molecular complexity index is 1490. The third-order valence-corrected chi connectivity index (χ3v) is 9.06. The molecule has 3 aliphatic rings. The maximum atomic E-state index is 14.3. The number of halogens is 4. The van der Waals surface area contributed by atoms with E-state index in [4.69, 9.17) is 16.3 Å². The fourth-order valence-electron chi connectivity index (χ4n) is 6.36. The Kier molecular flexibility index (Phi) is 7.51. The molecule has 2 saturated heterocycles. The number of hydrogen-bond donors (Lipinski definition) is 1. The largest absolute Gasteiger partial charge is 0.493 e. The third kappa shape index (κ3) is 5.52. The van der Waals surface area contributed by atoms with Crippen LogP contribution >= 0.6 is 11.6 Å². The molecule has 1 spiro atoms. The highest BCUT2D eigenvalue weighted by Crippen LogP contribution is 2.44. The van der Waals surface area contributed by atoms with E-state index in [0.717, 1.165) is 44.1 Å². The number of alkyl halides is 3. The van der Waals surface area contributed by atoms with E-state index in [0.29, 0.717) is 25.1 Å². The van der Waals surface area contributed by atoms with Crippen molar-refractivity contribution in [2.24, 2.45) is 5.41 Å². The van der Waals surface area contributed by atoms with E-state index < -0.39 is 35.2 Å². The van der Waals surface area contributed by atoms with Crippen LogP contribution in [0.3, 0.4) is 0 Å². The Labute approximate surface area is 246 Å². The van der Waals surface area contributed by atoms with Crippen LogP contribution in [0.4, 0.5) is 18.9 Å². The van der Waals surface area contributed by atoms with Gasteiger partial charge in [0, 0.05) is 56.2 Å². The SMILES string of the molecule is O=C(N[C@@H]1CCOc2cc(C(F)(F)F)c(C(=O)N3CCC4(CCN(c5ccncc5)CC4)C3)cc21)c1ccccc1Cl. The Morgan fingerprint density at radius 1 is 1.00 bits per heavy atom. The van der Waals surface area contributed by atoms with Crippen molar-refractivity contribution in [2.45, 2.75) is 37.9 Å². The van der Waals surface area contributed by atoms with Gasteiger partial charge in [0.1, 0.15) is 5.75 Å².